The highest BCUT2D eigenvalue weighted by Crippen LogP contribution is 2.50. The third-order valence-corrected chi connectivity index (χ3v) is 5.11. The summed E-state index contributed by atoms with van der Waals surface area (Å²) in [7, 11) is 0. The van der Waals surface area contributed by atoms with E-state index in [1.54, 1.807) is 36.4 Å². The van der Waals surface area contributed by atoms with Crippen LogP contribution >= 0.6 is 11.6 Å². The minimum absolute atomic E-state index is 0.116. The topological polar surface area (TPSA) is 55.4 Å². The van der Waals surface area contributed by atoms with E-state index in [9.17, 15) is 9.59 Å². The van der Waals surface area contributed by atoms with Crippen molar-refractivity contribution in [3.63, 3.8) is 0 Å². The number of esters is 1. The molecule has 1 N–H and O–H groups in total. The van der Waals surface area contributed by atoms with E-state index in [0.29, 0.717) is 22.0 Å². The molecule has 2 atom stereocenters. The number of benzene rings is 3. The summed E-state index contributed by atoms with van der Waals surface area (Å²) in [6.07, 6.45) is 0.744. The molecule has 0 bridgehead atoms. The van der Waals surface area contributed by atoms with Gasteiger partial charge in [0.2, 0.25) is 0 Å². The van der Waals surface area contributed by atoms with Gasteiger partial charge in [0.25, 0.3) is 5.91 Å². The Morgan fingerprint density at radius 1 is 0.893 bits per heavy atom. The maximum Gasteiger partial charge on any atom is 0.314 e. The van der Waals surface area contributed by atoms with Crippen molar-refractivity contribution in [1.82, 2.24) is 0 Å². The van der Waals surface area contributed by atoms with Crippen LogP contribution in [0.2, 0.25) is 5.02 Å². The van der Waals surface area contributed by atoms with Gasteiger partial charge in [-0.05, 0) is 60.4 Å². The Morgan fingerprint density at radius 2 is 1.57 bits per heavy atom. The summed E-state index contributed by atoms with van der Waals surface area (Å²) in [6, 6.07) is 23.3. The number of ether oxygens (including phenoxy) is 1. The second kappa shape index (κ2) is 7.87. The van der Waals surface area contributed by atoms with E-state index in [1.807, 2.05) is 42.5 Å². The fourth-order valence-corrected chi connectivity index (χ4v) is 3.44. The van der Waals surface area contributed by atoms with E-state index in [2.05, 4.69) is 5.32 Å². The number of amides is 1. The molecular formula is C23H18ClNO3. The molecule has 4 rings (SSSR count). The molecule has 28 heavy (non-hydrogen) atoms. The molecule has 0 saturated heterocycles. The van der Waals surface area contributed by atoms with E-state index in [4.69, 9.17) is 16.3 Å². The molecular weight excluding hydrogens is 374 g/mol. The highest BCUT2D eigenvalue weighted by Gasteiger charge is 2.46. The molecule has 0 aromatic heterocycles. The molecule has 4 nitrogen and oxygen atoms in total. The molecule has 0 spiro atoms. The Hall–Kier alpha value is -3.11. The number of carbonyl (C=O) groups is 2. The Morgan fingerprint density at radius 3 is 2.29 bits per heavy atom. The third kappa shape index (κ3) is 4.07. The van der Waals surface area contributed by atoms with E-state index in [1.165, 1.54) is 0 Å². The van der Waals surface area contributed by atoms with Crippen LogP contribution in [-0.2, 0) is 4.79 Å². The zero-order chi connectivity index (χ0) is 19.5. The molecule has 1 aliphatic carbocycles. The van der Waals surface area contributed by atoms with Crippen molar-refractivity contribution in [3.05, 3.63) is 95.0 Å². The van der Waals surface area contributed by atoms with Gasteiger partial charge < -0.3 is 10.1 Å². The number of hydrogen-bond donors (Lipinski definition) is 1. The average Bonchev–Trinajstić information content (AvgIpc) is 3.51. The van der Waals surface area contributed by atoms with Gasteiger partial charge in [0, 0.05) is 16.3 Å². The third-order valence-electron chi connectivity index (χ3n) is 4.76. The van der Waals surface area contributed by atoms with Crippen LogP contribution in [0.15, 0.2) is 78.9 Å². The lowest BCUT2D eigenvalue weighted by atomic mass is 10.1. The summed E-state index contributed by atoms with van der Waals surface area (Å²) >= 11 is 6.21. The van der Waals surface area contributed by atoms with Crippen LogP contribution in [0.3, 0.4) is 0 Å². The van der Waals surface area contributed by atoms with Gasteiger partial charge in [0.1, 0.15) is 5.75 Å². The van der Waals surface area contributed by atoms with Crippen molar-refractivity contribution in [2.24, 2.45) is 5.92 Å². The predicted molar refractivity (Wildman–Crippen MR) is 109 cm³/mol. The number of rotatable bonds is 5. The molecule has 140 valence electrons. The molecule has 3 aromatic rings. The van der Waals surface area contributed by atoms with Crippen molar-refractivity contribution in [2.75, 3.05) is 5.32 Å². The summed E-state index contributed by atoms with van der Waals surface area (Å²) < 4.78 is 5.48. The summed E-state index contributed by atoms with van der Waals surface area (Å²) in [5, 5.41) is 3.50. The van der Waals surface area contributed by atoms with E-state index in [0.717, 1.165) is 12.0 Å². The van der Waals surface area contributed by atoms with Gasteiger partial charge in [-0.15, -0.1) is 0 Å². The van der Waals surface area contributed by atoms with Gasteiger partial charge in [-0.25, -0.2) is 0 Å². The molecule has 1 saturated carbocycles. The van der Waals surface area contributed by atoms with Crippen molar-refractivity contribution >= 4 is 29.2 Å². The van der Waals surface area contributed by atoms with Crippen LogP contribution in [0.5, 0.6) is 5.75 Å². The molecule has 1 fully saturated rings. The fraction of sp³-hybridized carbons (Fsp3) is 0.130. The fourth-order valence-electron chi connectivity index (χ4n) is 3.17. The number of halogens is 1. The second-order valence-electron chi connectivity index (χ2n) is 6.74. The number of hydrogen-bond acceptors (Lipinski definition) is 3. The van der Waals surface area contributed by atoms with Crippen LogP contribution in [-0.4, -0.2) is 11.9 Å². The summed E-state index contributed by atoms with van der Waals surface area (Å²) in [4.78, 5) is 24.5. The minimum atomic E-state index is -0.258. The largest absolute Gasteiger partial charge is 0.426 e. The average molecular weight is 392 g/mol. The molecule has 3 aromatic carbocycles. The predicted octanol–water partition coefficient (Wildman–Crippen LogP) is 5.30. The van der Waals surface area contributed by atoms with Crippen LogP contribution in [0.4, 0.5) is 5.69 Å². The zero-order valence-electron chi connectivity index (χ0n) is 15.0. The standard InChI is InChI=1S/C23H18ClNO3/c24-21-9-5-4-8-18(21)19-14-20(19)23(27)28-17-12-10-16(11-13-17)25-22(26)15-6-2-1-3-7-15/h1-13,19-20H,14H2,(H,25,26). The monoisotopic (exact) mass is 391 g/mol. The quantitative estimate of drug-likeness (QED) is 0.474. The Kier molecular flexibility index (Phi) is 5.13. The SMILES string of the molecule is O=C(Nc1ccc(OC(=O)C2CC2c2ccccc2Cl)cc1)c1ccccc1. The smallest absolute Gasteiger partial charge is 0.314 e. The summed E-state index contributed by atoms with van der Waals surface area (Å²) in [5.41, 5.74) is 2.21. The zero-order valence-corrected chi connectivity index (χ0v) is 15.7. The van der Waals surface area contributed by atoms with Gasteiger partial charge in [0.05, 0.1) is 5.92 Å². The minimum Gasteiger partial charge on any atom is -0.426 e. The summed E-state index contributed by atoms with van der Waals surface area (Å²) in [5.74, 6) is -0.0487. The van der Waals surface area contributed by atoms with Crippen LogP contribution < -0.4 is 10.1 Å². The lowest BCUT2D eigenvalue weighted by molar-refractivity contribution is -0.135. The van der Waals surface area contributed by atoms with E-state index in [-0.39, 0.29) is 23.7 Å². The van der Waals surface area contributed by atoms with Crippen LogP contribution in [0.1, 0.15) is 28.3 Å². The maximum absolute atomic E-state index is 12.4. The van der Waals surface area contributed by atoms with Crippen molar-refractivity contribution < 1.29 is 14.3 Å². The van der Waals surface area contributed by atoms with Crippen LogP contribution in [0.25, 0.3) is 0 Å². The molecule has 0 aliphatic heterocycles. The highest BCUT2D eigenvalue weighted by molar-refractivity contribution is 6.31. The van der Waals surface area contributed by atoms with E-state index >= 15 is 0 Å². The number of nitrogens with one attached hydrogen (secondary N) is 1. The van der Waals surface area contributed by atoms with Gasteiger partial charge >= 0.3 is 5.97 Å². The first-order valence-corrected chi connectivity index (χ1v) is 9.42. The number of anilines is 1. The van der Waals surface area contributed by atoms with Gasteiger partial charge in [0.15, 0.2) is 0 Å². The summed E-state index contributed by atoms with van der Waals surface area (Å²) in [6.45, 7) is 0. The molecule has 5 heteroatoms. The molecule has 2 unspecified atom stereocenters. The lowest BCUT2D eigenvalue weighted by Gasteiger charge is -2.08. The van der Waals surface area contributed by atoms with Gasteiger partial charge in [-0.2, -0.15) is 0 Å². The number of carbonyl (C=O) groups excluding carboxylic acids is 2. The molecule has 1 aliphatic rings. The molecule has 1 amide bonds. The Balaban J connectivity index is 1.34. The Bertz CT molecular complexity index is 1000. The lowest BCUT2D eigenvalue weighted by Crippen LogP contribution is -2.12. The van der Waals surface area contributed by atoms with Crippen LogP contribution in [0, 0.1) is 5.92 Å². The normalized spacial score (nSPS) is 17.6. The maximum atomic E-state index is 12.4. The first kappa shape index (κ1) is 18.3. The highest BCUT2D eigenvalue weighted by atomic mass is 35.5. The van der Waals surface area contributed by atoms with Gasteiger partial charge in [-0.1, -0.05) is 48.0 Å². The second-order valence-corrected chi connectivity index (χ2v) is 7.14. The van der Waals surface area contributed by atoms with E-state index < -0.39 is 0 Å². The molecule has 0 radical (unpaired) electrons. The van der Waals surface area contributed by atoms with Crippen molar-refractivity contribution in [3.8, 4) is 5.75 Å². The first-order chi connectivity index (χ1) is 13.6. The van der Waals surface area contributed by atoms with Crippen molar-refractivity contribution in [2.45, 2.75) is 12.3 Å². The van der Waals surface area contributed by atoms with Crippen molar-refractivity contribution in [1.29, 1.82) is 0 Å². The Labute approximate surface area is 168 Å². The first-order valence-electron chi connectivity index (χ1n) is 9.04. The molecule has 0 heterocycles. The van der Waals surface area contributed by atoms with Gasteiger partial charge in [-0.3, -0.25) is 9.59 Å².